The third-order valence-corrected chi connectivity index (χ3v) is 3.32. The van der Waals surface area contributed by atoms with E-state index in [0.717, 1.165) is 18.4 Å². The second-order valence-corrected chi connectivity index (χ2v) is 4.98. The van der Waals surface area contributed by atoms with Gasteiger partial charge >= 0.3 is 0 Å². The predicted octanol–water partition coefficient (Wildman–Crippen LogP) is 1.37. The lowest BCUT2D eigenvalue weighted by Gasteiger charge is -2.21. The highest BCUT2D eigenvalue weighted by Crippen LogP contribution is 2.29. The van der Waals surface area contributed by atoms with Gasteiger partial charge in [-0.05, 0) is 37.5 Å². The molecule has 2 rings (SSSR count). The molecule has 0 aromatic heterocycles. The number of hydrogen-bond donors (Lipinski definition) is 1. The molecule has 0 bridgehead atoms. The summed E-state index contributed by atoms with van der Waals surface area (Å²) in [7, 11) is 1.58. The Morgan fingerprint density at radius 2 is 2.15 bits per heavy atom. The van der Waals surface area contributed by atoms with Gasteiger partial charge < -0.3 is 19.5 Å². The molecule has 1 amide bonds. The molecule has 5 nitrogen and oxygen atoms in total. The monoisotopic (exact) mass is 279 g/mol. The van der Waals surface area contributed by atoms with E-state index >= 15 is 0 Å². The zero-order valence-electron chi connectivity index (χ0n) is 12.0. The second kappa shape index (κ2) is 6.61. The van der Waals surface area contributed by atoms with Crippen LogP contribution in [0.1, 0.15) is 18.4 Å². The smallest absolute Gasteiger partial charge is 0.260 e. The lowest BCUT2D eigenvalue weighted by atomic mass is 10.2. The molecular weight excluding hydrogens is 258 g/mol. The van der Waals surface area contributed by atoms with Crippen LogP contribution in [0.25, 0.3) is 0 Å². The maximum atomic E-state index is 12.1. The van der Waals surface area contributed by atoms with E-state index < -0.39 is 0 Å². The van der Waals surface area contributed by atoms with Crippen LogP contribution in [-0.4, -0.2) is 48.8 Å². The van der Waals surface area contributed by atoms with Crippen LogP contribution in [0.2, 0.25) is 0 Å². The molecule has 110 valence electrons. The van der Waals surface area contributed by atoms with Gasteiger partial charge in [0.1, 0.15) is 0 Å². The largest absolute Gasteiger partial charge is 0.493 e. The Bertz CT molecular complexity index is 471. The highest BCUT2D eigenvalue weighted by Gasteiger charge is 2.32. The van der Waals surface area contributed by atoms with Crippen molar-refractivity contribution in [1.29, 1.82) is 0 Å². The first-order chi connectivity index (χ1) is 9.65. The van der Waals surface area contributed by atoms with E-state index in [4.69, 9.17) is 14.6 Å². The predicted molar refractivity (Wildman–Crippen MR) is 75.0 cm³/mol. The number of aliphatic hydroxyl groups is 1. The van der Waals surface area contributed by atoms with Crippen molar-refractivity contribution in [2.24, 2.45) is 0 Å². The molecule has 0 heterocycles. The van der Waals surface area contributed by atoms with E-state index in [2.05, 4.69) is 0 Å². The van der Waals surface area contributed by atoms with Crippen molar-refractivity contribution in [3.63, 3.8) is 0 Å². The number of amides is 1. The number of carbonyl (C=O) groups is 1. The number of hydrogen-bond acceptors (Lipinski definition) is 4. The second-order valence-electron chi connectivity index (χ2n) is 4.98. The summed E-state index contributed by atoms with van der Waals surface area (Å²) in [6.07, 6.45) is 2.03. The van der Waals surface area contributed by atoms with E-state index in [1.807, 2.05) is 19.1 Å². The molecule has 1 N–H and O–H groups in total. The average Bonchev–Trinajstić information content (AvgIpc) is 3.27. The molecule has 0 aliphatic heterocycles. The summed E-state index contributed by atoms with van der Waals surface area (Å²) in [5.41, 5.74) is 1.07. The van der Waals surface area contributed by atoms with E-state index in [9.17, 15) is 4.79 Å². The molecule has 1 saturated carbocycles. The van der Waals surface area contributed by atoms with Gasteiger partial charge in [-0.1, -0.05) is 6.07 Å². The molecular formula is C15H21NO4. The van der Waals surface area contributed by atoms with Gasteiger partial charge in [-0.25, -0.2) is 0 Å². The number of ether oxygens (including phenoxy) is 2. The topological polar surface area (TPSA) is 59.0 Å². The van der Waals surface area contributed by atoms with Gasteiger partial charge in [-0.15, -0.1) is 0 Å². The maximum Gasteiger partial charge on any atom is 0.260 e. The maximum absolute atomic E-state index is 12.1. The fourth-order valence-electron chi connectivity index (χ4n) is 2.12. The molecule has 0 saturated heterocycles. The summed E-state index contributed by atoms with van der Waals surface area (Å²) in [5, 5.41) is 9.01. The Balaban J connectivity index is 1.95. The van der Waals surface area contributed by atoms with Gasteiger partial charge in [0.05, 0.1) is 13.7 Å². The average molecular weight is 279 g/mol. The van der Waals surface area contributed by atoms with Crippen LogP contribution in [-0.2, 0) is 4.79 Å². The summed E-state index contributed by atoms with van der Waals surface area (Å²) in [6.45, 7) is 2.29. The van der Waals surface area contributed by atoms with Crippen molar-refractivity contribution in [3.05, 3.63) is 23.8 Å². The molecule has 1 aromatic rings. The highest BCUT2D eigenvalue weighted by molar-refractivity contribution is 5.78. The van der Waals surface area contributed by atoms with Gasteiger partial charge in [0, 0.05) is 12.6 Å². The molecule has 1 aliphatic rings. The van der Waals surface area contributed by atoms with Crippen LogP contribution in [0, 0.1) is 6.92 Å². The lowest BCUT2D eigenvalue weighted by Crippen LogP contribution is -2.38. The van der Waals surface area contributed by atoms with Crippen molar-refractivity contribution in [2.75, 3.05) is 26.9 Å². The third kappa shape index (κ3) is 3.63. The third-order valence-electron chi connectivity index (χ3n) is 3.32. The molecule has 5 heteroatoms. The molecule has 20 heavy (non-hydrogen) atoms. The molecule has 0 unspecified atom stereocenters. The Kier molecular flexibility index (Phi) is 4.84. The minimum atomic E-state index is -0.0934. The molecule has 1 aromatic carbocycles. The lowest BCUT2D eigenvalue weighted by molar-refractivity contribution is -0.134. The highest BCUT2D eigenvalue weighted by atomic mass is 16.5. The summed E-state index contributed by atoms with van der Waals surface area (Å²) in [6, 6.07) is 5.86. The number of aryl methyl sites for hydroxylation is 1. The minimum absolute atomic E-state index is 0.0178. The van der Waals surface area contributed by atoms with Crippen molar-refractivity contribution < 1.29 is 19.4 Å². The number of rotatable bonds is 7. The van der Waals surface area contributed by atoms with Gasteiger partial charge in [0.15, 0.2) is 18.1 Å². The number of carbonyl (C=O) groups excluding carboxylic acids is 1. The minimum Gasteiger partial charge on any atom is -0.493 e. The van der Waals surface area contributed by atoms with Gasteiger partial charge in [-0.2, -0.15) is 0 Å². The molecule has 1 fully saturated rings. The first kappa shape index (κ1) is 14.7. The van der Waals surface area contributed by atoms with Gasteiger partial charge in [0.2, 0.25) is 0 Å². The van der Waals surface area contributed by atoms with Crippen molar-refractivity contribution in [3.8, 4) is 11.5 Å². The zero-order chi connectivity index (χ0) is 14.5. The Labute approximate surface area is 119 Å². The summed E-state index contributed by atoms with van der Waals surface area (Å²) in [4.78, 5) is 13.8. The quantitative estimate of drug-likeness (QED) is 0.819. The van der Waals surface area contributed by atoms with Crippen LogP contribution >= 0.6 is 0 Å². The van der Waals surface area contributed by atoms with Gasteiger partial charge in [-0.3, -0.25) is 4.79 Å². The molecule has 0 atom stereocenters. The number of benzene rings is 1. The first-order valence-corrected chi connectivity index (χ1v) is 6.83. The molecule has 1 aliphatic carbocycles. The van der Waals surface area contributed by atoms with Crippen molar-refractivity contribution in [2.45, 2.75) is 25.8 Å². The number of nitrogens with zero attached hydrogens (tertiary/aromatic N) is 1. The Morgan fingerprint density at radius 1 is 1.40 bits per heavy atom. The summed E-state index contributed by atoms with van der Waals surface area (Å²) >= 11 is 0. The Hall–Kier alpha value is -1.75. The standard InChI is InChI=1S/C15H21NO4/c1-11-3-6-13(14(9-11)19-2)20-10-15(18)16(7-8-17)12-4-5-12/h3,6,9,12,17H,4-5,7-8,10H2,1-2H3. The van der Waals surface area contributed by atoms with Gasteiger partial charge in [0.25, 0.3) is 5.91 Å². The van der Waals surface area contributed by atoms with E-state index in [1.165, 1.54) is 0 Å². The first-order valence-electron chi connectivity index (χ1n) is 6.83. The van der Waals surface area contributed by atoms with Crippen LogP contribution in [0.5, 0.6) is 11.5 Å². The molecule has 0 spiro atoms. The SMILES string of the molecule is COc1cc(C)ccc1OCC(=O)N(CCO)C1CC1. The fourth-order valence-corrected chi connectivity index (χ4v) is 2.12. The Morgan fingerprint density at radius 3 is 2.75 bits per heavy atom. The van der Waals surface area contributed by atoms with Crippen molar-refractivity contribution in [1.82, 2.24) is 4.90 Å². The van der Waals surface area contributed by atoms with Crippen LogP contribution in [0.3, 0.4) is 0 Å². The van der Waals surface area contributed by atoms with Crippen LogP contribution in [0.15, 0.2) is 18.2 Å². The van der Waals surface area contributed by atoms with Crippen LogP contribution in [0.4, 0.5) is 0 Å². The fraction of sp³-hybridized carbons (Fsp3) is 0.533. The summed E-state index contributed by atoms with van der Waals surface area (Å²) < 4.78 is 10.8. The normalized spacial score (nSPS) is 13.9. The van der Waals surface area contributed by atoms with E-state index in [-0.39, 0.29) is 25.2 Å². The molecule has 0 radical (unpaired) electrons. The number of aliphatic hydroxyl groups excluding tert-OH is 1. The zero-order valence-corrected chi connectivity index (χ0v) is 12.0. The van der Waals surface area contributed by atoms with Crippen molar-refractivity contribution >= 4 is 5.91 Å². The van der Waals surface area contributed by atoms with Crippen LogP contribution < -0.4 is 9.47 Å². The number of methoxy groups -OCH3 is 1. The van der Waals surface area contributed by atoms with E-state index in [1.54, 1.807) is 18.1 Å². The van der Waals surface area contributed by atoms with E-state index in [0.29, 0.717) is 18.0 Å². The summed E-state index contributed by atoms with van der Waals surface area (Å²) in [5.74, 6) is 1.09.